The van der Waals surface area contributed by atoms with Gasteiger partial charge in [0.2, 0.25) is 0 Å². The zero-order chi connectivity index (χ0) is 25.1. The largest absolute Gasteiger partial charge is 0.507 e. The van der Waals surface area contributed by atoms with Crippen molar-refractivity contribution in [3.05, 3.63) is 46.9 Å². The summed E-state index contributed by atoms with van der Waals surface area (Å²) >= 11 is 0. The minimum Gasteiger partial charge on any atom is -0.507 e. The fraction of sp³-hybridized carbons (Fsp3) is 0.458. The Balaban J connectivity index is 1.39. The van der Waals surface area contributed by atoms with Gasteiger partial charge in [0, 0.05) is 36.8 Å². The van der Waals surface area contributed by atoms with Gasteiger partial charge in [-0.1, -0.05) is 6.07 Å². The molecule has 11 heteroatoms. The van der Waals surface area contributed by atoms with E-state index in [1.54, 1.807) is 24.1 Å². The zero-order valence-electron chi connectivity index (χ0n) is 20.0. The van der Waals surface area contributed by atoms with Crippen LogP contribution in [-0.2, 0) is 7.05 Å². The Hall–Kier alpha value is -3.47. The summed E-state index contributed by atoms with van der Waals surface area (Å²) in [4.78, 5) is 21.7. The lowest BCUT2D eigenvalue weighted by Gasteiger charge is -2.47. The van der Waals surface area contributed by atoms with E-state index in [0.29, 0.717) is 23.4 Å². The van der Waals surface area contributed by atoms with Crippen LogP contribution < -0.4 is 15.9 Å². The predicted octanol–water partition coefficient (Wildman–Crippen LogP) is 2.59. The number of aromatic nitrogens is 5. The Morgan fingerprint density at radius 1 is 1.23 bits per heavy atom. The maximum atomic E-state index is 15.4. The first-order valence-electron chi connectivity index (χ1n) is 11.4. The summed E-state index contributed by atoms with van der Waals surface area (Å²) in [6.45, 7) is 4.06. The van der Waals surface area contributed by atoms with Gasteiger partial charge in [0.25, 0.3) is 0 Å². The van der Waals surface area contributed by atoms with Gasteiger partial charge in [0.05, 0.1) is 23.5 Å². The molecule has 1 aromatic carbocycles. The average molecular weight is 484 g/mol. The van der Waals surface area contributed by atoms with E-state index in [1.165, 1.54) is 19.3 Å². The number of phenols is 1. The molecular weight excluding hydrogens is 456 g/mol. The molecule has 9 nitrogen and oxygen atoms in total. The highest BCUT2D eigenvalue weighted by molar-refractivity contribution is 5.71. The smallest absolute Gasteiger partial charge is 0.350 e. The second kappa shape index (κ2) is 8.04. The number of hydrogen-bond acceptors (Lipinski definition) is 8. The van der Waals surface area contributed by atoms with Crippen molar-refractivity contribution in [2.75, 3.05) is 11.9 Å². The minimum absolute atomic E-state index is 0.0996. The molecule has 3 aromatic rings. The van der Waals surface area contributed by atoms with Crippen molar-refractivity contribution >= 4 is 5.82 Å². The highest BCUT2D eigenvalue weighted by atomic mass is 19.1. The number of alkyl halides is 1. The zero-order valence-corrected chi connectivity index (χ0v) is 20.0. The van der Waals surface area contributed by atoms with Crippen molar-refractivity contribution in [2.24, 2.45) is 7.05 Å². The van der Waals surface area contributed by atoms with E-state index in [1.807, 2.05) is 6.92 Å². The molecule has 4 heterocycles. The molecular formula is C24H27F2N7O2. The van der Waals surface area contributed by atoms with Crippen molar-refractivity contribution < 1.29 is 13.9 Å². The number of piperidine rings is 1. The Morgan fingerprint density at radius 3 is 2.66 bits per heavy atom. The second-order valence-corrected chi connectivity index (χ2v) is 10.1. The number of halogens is 2. The maximum absolute atomic E-state index is 15.4. The monoisotopic (exact) mass is 483 g/mol. The predicted molar refractivity (Wildman–Crippen MR) is 126 cm³/mol. The van der Waals surface area contributed by atoms with E-state index >= 15 is 4.39 Å². The normalized spacial score (nSPS) is 27.7. The standard InChI is InChI=1S/C24H27F2N7O2/c1-23-7-8-24(2,31-23)20(26)16(11-23)32(3)19-12-27-21(30-29-19)14-6-5-13(9-17(14)34)15-10-18(25)33(4)22(35)28-15/h5-6,9-10,12,16,20,31,34H,7-8,11H2,1-4H3/t16-,20-,23-,24+/m1/s1. The molecule has 35 heavy (non-hydrogen) atoms. The van der Waals surface area contributed by atoms with Gasteiger partial charge >= 0.3 is 5.69 Å². The number of anilines is 1. The van der Waals surface area contributed by atoms with Gasteiger partial charge < -0.3 is 15.3 Å². The Labute approximate surface area is 200 Å². The van der Waals surface area contributed by atoms with Gasteiger partial charge in [0.15, 0.2) is 17.6 Å². The number of phenolic OH excluding ortho intramolecular Hbond substituents is 1. The molecule has 2 aliphatic rings. The summed E-state index contributed by atoms with van der Waals surface area (Å²) in [7, 11) is 3.08. The molecule has 2 aliphatic heterocycles. The van der Waals surface area contributed by atoms with Crippen molar-refractivity contribution in [1.29, 1.82) is 0 Å². The highest BCUT2D eigenvalue weighted by Crippen LogP contribution is 2.45. The van der Waals surface area contributed by atoms with Crippen LogP contribution in [0.1, 0.15) is 33.1 Å². The number of hydrogen-bond donors (Lipinski definition) is 2. The van der Waals surface area contributed by atoms with Crippen LogP contribution in [0, 0.1) is 5.95 Å². The van der Waals surface area contributed by atoms with E-state index in [9.17, 15) is 14.3 Å². The number of benzene rings is 1. The van der Waals surface area contributed by atoms with Crippen LogP contribution in [0.4, 0.5) is 14.6 Å². The van der Waals surface area contributed by atoms with Gasteiger partial charge in [-0.15, -0.1) is 10.2 Å². The van der Waals surface area contributed by atoms with Gasteiger partial charge in [0.1, 0.15) is 11.9 Å². The number of rotatable bonds is 4. The first-order chi connectivity index (χ1) is 16.5. The van der Waals surface area contributed by atoms with Crippen LogP contribution in [-0.4, -0.2) is 60.2 Å². The molecule has 2 bridgehead atoms. The summed E-state index contributed by atoms with van der Waals surface area (Å²) in [6.07, 6.45) is 2.78. The SMILES string of the molecule is CN(c1cnc(-c2ccc(-c3cc(F)n(C)c(=O)n3)cc2O)nn1)[C@@H]1C[C@@]2(C)CC[C@](C)(N2)[C@@H]1F. The molecule has 0 radical (unpaired) electrons. The van der Waals surface area contributed by atoms with Crippen molar-refractivity contribution in [3.63, 3.8) is 0 Å². The number of nitrogens with one attached hydrogen (secondary N) is 1. The van der Waals surface area contributed by atoms with E-state index in [-0.39, 0.29) is 28.8 Å². The van der Waals surface area contributed by atoms with Crippen LogP contribution in [0.15, 0.2) is 35.3 Å². The van der Waals surface area contributed by atoms with Crippen LogP contribution in [0.2, 0.25) is 0 Å². The first kappa shape index (κ1) is 23.3. The summed E-state index contributed by atoms with van der Waals surface area (Å²) < 4.78 is 30.1. The van der Waals surface area contributed by atoms with Crippen molar-refractivity contribution in [1.82, 2.24) is 30.0 Å². The van der Waals surface area contributed by atoms with E-state index in [2.05, 4.69) is 32.4 Å². The third kappa shape index (κ3) is 3.93. The van der Waals surface area contributed by atoms with Crippen molar-refractivity contribution in [3.8, 4) is 28.4 Å². The number of fused-ring (bicyclic) bond motifs is 2. The number of aromatic hydroxyl groups is 1. The lowest BCUT2D eigenvalue weighted by molar-refractivity contribution is 0.0859. The fourth-order valence-corrected chi connectivity index (χ4v) is 5.30. The Bertz CT molecular complexity index is 1350. The van der Waals surface area contributed by atoms with E-state index in [0.717, 1.165) is 23.5 Å². The molecule has 2 N–H and O–H groups in total. The topological polar surface area (TPSA) is 109 Å². The van der Waals surface area contributed by atoms with Gasteiger partial charge in [-0.05, 0) is 45.2 Å². The molecule has 184 valence electrons. The average Bonchev–Trinajstić information content (AvgIpc) is 3.11. The van der Waals surface area contributed by atoms with Crippen molar-refractivity contribution in [2.45, 2.75) is 56.4 Å². The van der Waals surface area contributed by atoms with Crippen LogP contribution >= 0.6 is 0 Å². The molecule has 0 spiro atoms. The third-order valence-electron chi connectivity index (χ3n) is 7.41. The summed E-state index contributed by atoms with van der Waals surface area (Å²) in [6, 6.07) is 5.24. The minimum atomic E-state index is -1.07. The summed E-state index contributed by atoms with van der Waals surface area (Å²) in [5, 5.41) is 22.4. The molecule has 0 aliphatic carbocycles. The number of nitrogens with zero attached hydrogens (tertiary/aromatic N) is 6. The molecule has 0 saturated carbocycles. The molecule has 2 saturated heterocycles. The summed E-state index contributed by atoms with van der Waals surface area (Å²) in [5.41, 5.74) is -0.655. The van der Waals surface area contributed by atoms with Crippen LogP contribution in [0.5, 0.6) is 5.75 Å². The van der Waals surface area contributed by atoms with Gasteiger partial charge in [-0.2, -0.15) is 9.37 Å². The second-order valence-electron chi connectivity index (χ2n) is 10.1. The lowest BCUT2D eigenvalue weighted by Crippen LogP contribution is -2.65. The summed E-state index contributed by atoms with van der Waals surface area (Å²) in [5.74, 6) is -0.301. The molecule has 2 fully saturated rings. The first-order valence-corrected chi connectivity index (χ1v) is 11.4. The molecule has 0 amide bonds. The maximum Gasteiger partial charge on any atom is 0.350 e. The molecule has 0 unspecified atom stereocenters. The quantitative estimate of drug-likeness (QED) is 0.545. The van der Waals surface area contributed by atoms with Gasteiger partial charge in [-0.25, -0.2) is 14.2 Å². The fourth-order valence-electron chi connectivity index (χ4n) is 5.30. The molecule has 5 rings (SSSR count). The third-order valence-corrected chi connectivity index (χ3v) is 7.41. The Kier molecular flexibility index (Phi) is 5.35. The highest BCUT2D eigenvalue weighted by Gasteiger charge is 2.56. The van der Waals surface area contributed by atoms with Crippen LogP contribution in [0.3, 0.4) is 0 Å². The molecule has 2 aromatic heterocycles. The van der Waals surface area contributed by atoms with E-state index < -0.39 is 23.3 Å². The molecule has 4 atom stereocenters. The Morgan fingerprint density at radius 2 is 2.00 bits per heavy atom. The van der Waals surface area contributed by atoms with Crippen LogP contribution in [0.25, 0.3) is 22.6 Å². The lowest BCUT2D eigenvalue weighted by atomic mass is 9.82. The van der Waals surface area contributed by atoms with E-state index in [4.69, 9.17) is 0 Å². The van der Waals surface area contributed by atoms with Gasteiger partial charge in [-0.3, -0.25) is 4.57 Å².